The summed E-state index contributed by atoms with van der Waals surface area (Å²) in [6, 6.07) is 12.8. The van der Waals surface area contributed by atoms with Crippen molar-refractivity contribution in [2.75, 3.05) is 24.3 Å². The largest absolute Gasteiger partial charge is 0.497 e. The number of hydrogen-bond donors (Lipinski definition) is 2. The molecule has 2 aromatic carbocycles. The number of carbonyl (C=O) groups excluding carboxylic acids is 1. The van der Waals surface area contributed by atoms with Crippen LogP contribution in [0.15, 0.2) is 64.2 Å². The molecular formula is C20H20N2O5S2. The molecule has 1 aromatic heterocycles. The lowest BCUT2D eigenvalue weighted by Gasteiger charge is -2.14. The Morgan fingerprint density at radius 3 is 2.34 bits per heavy atom. The zero-order chi connectivity index (χ0) is 20.9. The minimum atomic E-state index is -3.95. The van der Waals surface area contributed by atoms with E-state index in [0.29, 0.717) is 17.1 Å². The van der Waals surface area contributed by atoms with Gasteiger partial charge in [-0.25, -0.2) is 8.42 Å². The zero-order valence-corrected chi connectivity index (χ0v) is 17.5. The number of hydrogen-bond acceptors (Lipinski definition) is 6. The maximum atomic E-state index is 12.9. The van der Waals surface area contributed by atoms with Crippen molar-refractivity contribution in [2.45, 2.75) is 11.3 Å². The molecular weight excluding hydrogens is 412 g/mol. The molecule has 0 fully saturated rings. The molecule has 1 amide bonds. The van der Waals surface area contributed by atoms with Gasteiger partial charge in [-0.2, -0.15) is 11.3 Å². The van der Waals surface area contributed by atoms with Crippen LogP contribution in [0.5, 0.6) is 11.5 Å². The van der Waals surface area contributed by atoms with E-state index in [4.69, 9.17) is 9.47 Å². The van der Waals surface area contributed by atoms with Crippen molar-refractivity contribution in [1.82, 2.24) is 0 Å². The Morgan fingerprint density at radius 1 is 1.00 bits per heavy atom. The second-order valence-corrected chi connectivity index (χ2v) is 8.49. The lowest BCUT2D eigenvalue weighted by molar-refractivity contribution is -0.115. The predicted octanol–water partition coefficient (Wildman–Crippen LogP) is 3.75. The summed E-state index contributed by atoms with van der Waals surface area (Å²) in [5.41, 5.74) is 1.64. The van der Waals surface area contributed by atoms with E-state index in [2.05, 4.69) is 10.0 Å². The lowest BCUT2D eigenvalue weighted by atomic mass is 10.2. The van der Waals surface area contributed by atoms with E-state index in [9.17, 15) is 13.2 Å². The fourth-order valence-electron chi connectivity index (χ4n) is 2.62. The van der Waals surface area contributed by atoms with Crippen LogP contribution >= 0.6 is 11.3 Å². The molecule has 152 valence electrons. The third-order valence-corrected chi connectivity index (χ3v) is 6.16. The van der Waals surface area contributed by atoms with Crippen molar-refractivity contribution >= 4 is 38.6 Å². The number of ether oxygens (including phenoxy) is 2. The minimum absolute atomic E-state index is 0.0795. The smallest absolute Gasteiger partial charge is 0.265 e. The van der Waals surface area contributed by atoms with Crippen LogP contribution in [0.4, 0.5) is 11.4 Å². The van der Waals surface area contributed by atoms with Crippen LogP contribution in [0.1, 0.15) is 5.56 Å². The van der Waals surface area contributed by atoms with Crippen LogP contribution in [0.25, 0.3) is 0 Å². The number of nitrogens with one attached hydrogen (secondary N) is 2. The van der Waals surface area contributed by atoms with Gasteiger partial charge >= 0.3 is 0 Å². The first-order valence-electron chi connectivity index (χ1n) is 8.57. The first-order chi connectivity index (χ1) is 13.9. The number of methoxy groups -OCH3 is 2. The number of benzene rings is 2. The van der Waals surface area contributed by atoms with Gasteiger partial charge in [0, 0.05) is 11.4 Å². The van der Waals surface area contributed by atoms with Crippen LogP contribution in [0.2, 0.25) is 0 Å². The summed E-state index contributed by atoms with van der Waals surface area (Å²) in [6.45, 7) is 0. The van der Waals surface area contributed by atoms with Gasteiger partial charge in [-0.3, -0.25) is 9.52 Å². The van der Waals surface area contributed by atoms with Gasteiger partial charge in [0.15, 0.2) is 0 Å². The molecule has 0 unspecified atom stereocenters. The summed E-state index contributed by atoms with van der Waals surface area (Å²) in [4.78, 5) is 12.2. The normalized spacial score (nSPS) is 11.0. The van der Waals surface area contributed by atoms with E-state index in [-0.39, 0.29) is 23.0 Å². The zero-order valence-electron chi connectivity index (χ0n) is 15.8. The van der Waals surface area contributed by atoms with Gasteiger partial charge in [0.25, 0.3) is 10.0 Å². The highest BCUT2D eigenvalue weighted by Gasteiger charge is 2.21. The van der Waals surface area contributed by atoms with Gasteiger partial charge in [0.2, 0.25) is 5.91 Å². The van der Waals surface area contributed by atoms with Gasteiger partial charge in [0.05, 0.1) is 20.6 Å². The number of thiophene rings is 1. The van der Waals surface area contributed by atoms with Crippen molar-refractivity contribution in [1.29, 1.82) is 0 Å². The van der Waals surface area contributed by atoms with E-state index < -0.39 is 10.0 Å². The van der Waals surface area contributed by atoms with E-state index in [1.807, 2.05) is 16.8 Å². The molecule has 0 atom stereocenters. The van der Waals surface area contributed by atoms with Crippen LogP contribution in [-0.2, 0) is 21.2 Å². The SMILES string of the molecule is COc1ccc(NS(=O)(=O)c2cc(NC(=O)Cc3ccsc3)ccc2OC)cc1. The second kappa shape index (κ2) is 8.97. The molecule has 0 saturated carbocycles. The molecule has 0 saturated heterocycles. The highest BCUT2D eigenvalue weighted by molar-refractivity contribution is 7.92. The Morgan fingerprint density at radius 2 is 1.72 bits per heavy atom. The monoisotopic (exact) mass is 432 g/mol. The predicted molar refractivity (Wildman–Crippen MR) is 113 cm³/mol. The number of carbonyl (C=O) groups is 1. The van der Waals surface area contributed by atoms with Crippen LogP contribution in [0.3, 0.4) is 0 Å². The number of amides is 1. The molecule has 2 N–H and O–H groups in total. The van der Waals surface area contributed by atoms with Crippen molar-refractivity contribution in [3.8, 4) is 11.5 Å². The van der Waals surface area contributed by atoms with Gasteiger partial charge < -0.3 is 14.8 Å². The Bertz CT molecular complexity index is 1080. The van der Waals surface area contributed by atoms with Gasteiger partial charge in [-0.05, 0) is 64.9 Å². The first kappa shape index (κ1) is 20.7. The Kier molecular flexibility index (Phi) is 6.40. The average molecular weight is 433 g/mol. The summed E-state index contributed by atoms with van der Waals surface area (Å²) in [5.74, 6) is 0.544. The molecule has 9 heteroatoms. The van der Waals surface area contributed by atoms with Crippen molar-refractivity contribution in [3.05, 3.63) is 64.9 Å². The molecule has 0 aliphatic carbocycles. The number of rotatable bonds is 8. The van der Waals surface area contributed by atoms with Crippen LogP contribution < -0.4 is 19.5 Å². The molecule has 0 aliphatic heterocycles. The number of sulfonamides is 1. The quantitative estimate of drug-likeness (QED) is 0.565. The standard InChI is InChI=1S/C20H20N2O5S2/c1-26-17-6-3-15(4-7-17)22-29(24,25)19-12-16(5-8-18(19)27-2)21-20(23)11-14-9-10-28-13-14/h3-10,12-13,22H,11H2,1-2H3,(H,21,23). The Labute approximate surface area is 173 Å². The Hall–Kier alpha value is -3.04. The van der Waals surface area contributed by atoms with Crippen LogP contribution in [-0.4, -0.2) is 28.5 Å². The number of anilines is 2. The van der Waals surface area contributed by atoms with Crippen molar-refractivity contribution < 1.29 is 22.7 Å². The fraction of sp³-hybridized carbons (Fsp3) is 0.150. The topological polar surface area (TPSA) is 93.7 Å². The third kappa shape index (κ3) is 5.27. The summed E-state index contributed by atoms with van der Waals surface area (Å²) in [6.07, 6.45) is 0.210. The van der Waals surface area contributed by atoms with E-state index in [0.717, 1.165) is 5.56 Å². The molecule has 29 heavy (non-hydrogen) atoms. The molecule has 0 spiro atoms. The molecule has 0 bridgehead atoms. The molecule has 3 rings (SSSR count). The van der Waals surface area contributed by atoms with Gasteiger partial charge in [-0.15, -0.1) is 0 Å². The summed E-state index contributed by atoms with van der Waals surface area (Å²) in [7, 11) is -1.03. The van der Waals surface area contributed by atoms with Crippen molar-refractivity contribution in [2.24, 2.45) is 0 Å². The molecule has 3 aromatic rings. The second-order valence-electron chi connectivity index (χ2n) is 6.06. The fourth-order valence-corrected chi connectivity index (χ4v) is 4.54. The molecule has 0 aliphatic rings. The van der Waals surface area contributed by atoms with E-state index in [1.165, 1.54) is 37.7 Å². The first-order valence-corrected chi connectivity index (χ1v) is 11.0. The van der Waals surface area contributed by atoms with Gasteiger partial charge in [0.1, 0.15) is 16.4 Å². The maximum absolute atomic E-state index is 12.9. The van der Waals surface area contributed by atoms with Crippen LogP contribution in [0, 0.1) is 0 Å². The lowest BCUT2D eigenvalue weighted by Crippen LogP contribution is -2.17. The van der Waals surface area contributed by atoms with Gasteiger partial charge in [-0.1, -0.05) is 0 Å². The molecule has 1 heterocycles. The minimum Gasteiger partial charge on any atom is -0.497 e. The average Bonchev–Trinajstić information content (AvgIpc) is 3.21. The van der Waals surface area contributed by atoms with E-state index >= 15 is 0 Å². The molecule has 0 radical (unpaired) electrons. The highest BCUT2D eigenvalue weighted by Crippen LogP contribution is 2.29. The molecule has 7 nitrogen and oxygen atoms in total. The highest BCUT2D eigenvalue weighted by atomic mass is 32.2. The summed E-state index contributed by atoms with van der Waals surface area (Å²) < 4.78 is 38.6. The maximum Gasteiger partial charge on any atom is 0.265 e. The third-order valence-electron chi connectivity index (χ3n) is 4.02. The Balaban J connectivity index is 1.82. The van der Waals surface area contributed by atoms with Crippen molar-refractivity contribution in [3.63, 3.8) is 0 Å². The summed E-state index contributed by atoms with van der Waals surface area (Å²) in [5, 5.41) is 6.51. The van der Waals surface area contributed by atoms with E-state index in [1.54, 1.807) is 30.3 Å². The summed E-state index contributed by atoms with van der Waals surface area (Å²) >= 11 is 1.51.